The first-order valence-electron chi connectivity index (χ1n) is 11.2. The Morgan fingerprint density at radius 1 is 0.897 bits per heavy atom. The van der Waals surface area contributed by atoms with Crippen molar-refractivity contribution in [1.29, 1.82) is 0 Å². The summed E-state index contributed by atoms with van der Waals surface area (Å²) in [5, 5.41) is 0.543. The third-order valence-electron chi connectivity index (χ3n) is 6.41. The van der Waals surface area contributed by atoms with Gasteiger partial charge in [-0.3, -0.25) is 19.2 Å². The third-order valence-corrected chi connectivity index (χ3v) is 12.0. The van der Waals surface area contributed by atoms with Gasteiger partial charge in [-0.05, 0) is 107 Å². The molecule has 3 aromatic carbocycles. The Kier molecular flexibility index (Phi) is 8.04. The van der Waals surface area contributed by atoms with Crippen molar-refractivity contribution in [3.8, 4) is 5.75 Å². The van der Waals surface area contributed by atoms with Crippen molar-refractivity contribution in [2.75, 3.05) is 16.3 Å². The highest BCUT2D eigenvalue weighted by Crippen LogP contribution is 2.46. The van der Waals surface area contributed by atoms with E-state index in [1.165, 1.54) is 11.0 Å². The fourth-order valence-corrected chi connectivity index (χ4v) is 7.36. The summed E-state index contributed by atoms with van der Waals surface area (Å²) >= 11 is 26.0. The standard InChI is InChI=1S/C26H14Br4Cl2N2O5/c1-10-7-12(39-26(38)11-8-16(35)33(9-11)15-4-2-3-13(31)23(15)32)5-6-14(10)34-24(36)17-18(25(34)37)20(28)22(30)21(29)19(17)27/h2-7,11H,8-9H2,1H3/t11-/m1/s1. The van der Waals surface area contributed by atoms with E-state index in [0.29, 0.717) is 39.9 Å². The van der Waals surface area contributed by atoms with Gasteiger partial charge in [-0.15, -0.1) is 0 Å². The molecule has 7 nitrogen and oxygen atoms in total. The van der Waals surface area contributed by atoms with Crippen LogP contribution in [0.3, 0.4) is 0 Å². The molecule has 1 saturated heterocycles. The van der Waals surface area contributed by atoms with Crippen molar-refractivity contribution >= 4 is 122 Å². The van der Waals surface area contributed by atoms with Gasteiger partial charge in [-0.2, -0.15) is 0 Å². The summed E-state index contributed by atoms with van der Waals surface area (Å²) in [5.41, 5.74) is 1.78. The molecule has 0 saturated carbocycles. The van der Waals surface area contributed by atoms with Crippen LogP contribution < -0.4 is 14.5 Å². The Morgan fingerprint density at radius 2 is 1.51 bits per heavy atom. The number of fused-ring (bicyclic) bond motifs is 1. The average molecular weight is 825 g/mol. The van der Waals surface area contributed by atoms with Crippen molar-refractivity contribution < 1.29 is 23.9 Å². The van der Waals surface area contributed by atoms with Crippen LogP contribution in [-0.2, 0) is 9.59 Å². The van der Waals surface area contributed by atoms with Gasteiger partial charge < -0.3 is 9.64 Å². The quantitative estimate of drug-likeness (QED) is 0.0874. The number of hydrogen-bond acceptors (Lipinski definition) is 5. The van der Waals surface area contributed by atoms with Gasteiger partial charge in [0.25, 0.3) is 11.8 Å². The largest absolute Gasteiger partial charge is 0.426 e. The topological polar surface area (TPSA) is 84.0 Å². The number of rotatable bonds is 4. The smallest absolute Gasteiger partial charge is 0.316 e. The number of ether oxygens (including phenoxy) is 1. The molecule has 0 aromatic heterocycles. The average Bonchev–Trinajstić information content (AvgIpc) is 3.40. The molecular formula is C26H14Br4Cl2N2O5. The van der Waals surface area contributed by atoms with E-state index in [4.69, 9.17) is 27.9 Å². The minimum atomic E-state index is -0.713. The van der Waals surface area contributed by atoms with Crippen LogP contribution in [0.2, 0.25) is 10.0 Å². The Bertz CT molecular complexity index is 1580. The van der Waals surface area contributed by atoms with Gasteiger partial charge in [0, 0.05) is 30.9 Å². The molecule has 2 heterocycles. The number of esters is 1. The lowest BCUT2D eigenvalue weighted by Crippen LogP contribution is -2.30. The van der Waals surface area contributed by atoms with Crippen molar-refractivity contribution in [2.45, 2.75) is 13.3 Å². The van der Waals surface area contributed by atoms with Gasteiger partial charge in [0.05, 0.1) is 38.5 Å². The van der Waals surface area contributed by atoms with Gasteiger partial charge >= 0.3 is 5.97 Å². The monoisotopic (exact) mass is 820 g/mol. The molecule has 0 spiro atoms. The molecule has 200 valence electrons. The summed E-state index contributed by atoms with van der Waals surface area (Å²) < 4.78 is 7.67. The number of halogens is 6. The van der Waals surface area contributed by atoms with Crippen molar-refractivity contribution in [3.05, 3.63) is 81.0 Å². The minimum absolute atomic E-state index is 0.0390. The van der Waals surface area contributed by atoms with E-state index in [9.17, 15) is 19.2 Å². The summed E-state index contributed by atoms with van der Waals surface area (Å²) in [6, 6.07) is 9.57. The molecule has 39 heavy (non-hydrogen) atoms. The molecule has 0 radical (unpaired) electrons. The zero-order chi connectivity index (χ0) is 28.3. The number of carbonyl (C=O) groups excluding carboxylic acids is 4. The Morgan fingerprint density at radius 3 is 2.10 bits per heavy atom. The number of aryl methyl sites for hydroxylation is 1. The molecule has 1 atom stereocenters. The number of anilines is 2. The van der Waals surface area contributed by atoms with Crippen LogP contribution in [0.4, 0.5) is 11.4 Å². The first-order chi connectivity index (χ1) is 18.4. The molecule has 0 unspecified atom stereocenters. The molecular weight excluding hydrogens is 811 g/mol. The van der Waals surface area contributed by atoms with Crippen LogP contribution in [0.25, 0.3) is 0 Å². The number of benzene rings is 3. The second-order valence-corrected chi connectivity index (χ2v) is 12.8. The van der Waals surface area contributed by atoms with E-state index in [1.54, 1.807) is 37.3 Å². The highest BCUT2D eigenvalue weighted by Gasteiger charge is 2.42. The Hall–Kier alpha value is -1.76. The summed E-state index contributed by atoms with van der Waals surface area (Å²) in [4.78, 5) is 54.7. The molecule has 3 aromatic rings. The van der Waals surface area contributed by atoms with Crippen molar-refractivity contribution in [2.24, 2.45) is 5.92 Å². The van der Waals surface area contributed by atoms with Crippen molar-refractivity contribution in [1.82, 2.24) is 0 Å². The molecule has 0 aliphatic carbocycles. The molecule has 1 fully saturated rings. The van der Waals surface area contributed by atoms with E-state index in [0.717, 1.165) is 4.90 Å². The summed E-state index contributed by atoms with van der Waals surface area (Å²) in [7, 11) is 0. The van der Waals surface area contributed by atoms with E-state index in [-0.39, 0.29) is 40.8 Å². The molecule has 0 bridgehead atoms. The Labute approximate surface area is 266 Å². The van der Waals surface area contributed by atoms with E-state index in [1.807, 2.05) is 0 Å². The van der Waals surface area contributed by atoms with Gasteiger partial charge in [0.2, 0.25) is 5.91 Å². The predicted octanol–water partition coefficient (Wildman–Crippen LogP) is 8.11. The maximum atomic E-state index is 13.3. The van der Waals surface area contributed by atoms with Gasteiger partial charge in [0.15, 0.2) is 0 Å². The number of nitrogens with zero attached hydrogens (tertiary/aromatic N) is 2. The molecule has 2 aliphatic heterocycles. The van der Waals surface area contributed by atoms with E-state index >= 15 is 0 Å². The summed E-state index contributed by atoms with van der Waals surface area (Å²) in [5.74, 6) is -2.33. The zero-order valence-electron chi connectivity index (χ0n) is 19.7. The molecule has 5 rings (SSSR count). The van der Waals surface area contributed by atoms with Crippen LogP contribution in [-0.4, -0.2) is 30.2 Å². The zero-order valence-corrected chi connectivity index (χ0v) is 27.5. The maximum absolute atomic E-state index is 13.3. The number of carbonyl (C=O) groups is 4. The van der Waals surface area contributed by atoms with Crippen LogP contribution in [0.1, 0.15) is 32.7 Å². The molecule has 2 aliphatic rings. The number of amides is 3. The lowest BCUT2D eigenvalue weighted by molar-refractivity contribution is -0.139. The van der Waals surface area contributed by atoms with Crippen LogP contribution >= 0.6 is 86.9 Å². The third kappa shape index (κ3) is 4.89. The van der Waals surface area contributed by atoms with Crippen LogP contribution in [0.15, 0.2) is 54.3 Å². The lowest BCUT2D eigenvalue weighted by Gasteiger charge is -2.19. The predicted molar refractivity (Wildman–Crippen MR) is 162 cm³/mol. The summed E-state index contributed by atoms with van der Waals surface area (Å²) in [6.45, 7) is 1.80. The normalized spacial score (nSPS) is 16.8. The summed E-state index contributed by atoms with van der Waals surface area (Å²) in [6.07, 6.45) is -0.0390. The minimum Gasteiger partial charge on any atom is -0.426 e. The Balaban J connectivity index is 1.35. The van der Waals surface area contributed by atoms with Crippen LogP contribution in [0, 0.1) is 12.8 Å². The fraction of sp³-hybridized carbons (Fsp3) is 0.154. The highest BCUT2D eigenvalue weighted by atomic mass is 79.9. The second kappa shape index (κ2) is 10.9. The first kappa shape index (κ1) is 28.8. The number of hydrogen-bond donors (Lipinski definition) is 0. The first-order valence-corrected chi connectivity index (χ1v) is 15.2. The molecule has 3 amide bonds. The van der Waals surface area contributed by atoms with E-state index < -0.39 is 23.7 Å². The molecule has 13 heteroatoms. The van der Waals surface area contributed by atoms with Gasteiger partial charge in [-0.25, -0.2) is 4.90 Å². The SMILES string of the molecule is Cc1cc(OC(=O)[C@@H]2CC(=O)N(c3cccc(Cl)c3Cl)C2)ccc1N1C(=O)c2c(Br)c(Br)c(Br)c(Br)c2C1=O. The highest BCUT2D eigenvalue weighted by molar-refractivity contribution is 9.15. The van der Waals surface area contributed by atoms with Crippen LogP contribution in [0.5, 0.6) is 5.75 Å². The van der Waals surface area contributed by atoms with Gasteiger partial charge in [0.1, 0.15) is 5.75 Å². The number of imide groups is 1. The van der Waals surface area contributed by atoms with Crippen molar-refractivity contribution in [3.63, 3.8) is 0 Å². The maximum Gasteiger partial charge on any atom is 0.316 e. The van der Waals surface area contributed by atoms with Gasteiger partial charge in [-0.1, -0.05) is 29.3 Å². The fourth-order valence-electron chi connectivity index (χ4n) is 4.51. The molecule has 0 N–H and O–H groups in total. The second-order valence-electron chi connectivity index (χ2n) is 8.80. The van der Waals surface area contributed by atoms with E-state index in [2.05, 4.69) is 63.7 Å². The lowest BCUT2D eigenvalue weighted by atomic mass is 10.1.